The van der Waals surface area contributed by atoms with Crippen LogP contribution in [0.2, 0.25) is 0 Å². The number of aliphatic carboxylic acids is 1. The molecule has 1 saturated carbocycles. The molecule has 1 fully saturated rings. The molecule has 1 heterocycles. The van der Waals surface area contributed by atoms with Gasteiger partial charge >= 0.3 is 5.97 Å². The Balaban J connectivity index is 1.86. The van der Waals surface area contributed by atoms with Crippen LogP contribution in [0, 0.1) is 24.7 Å². The Morgan fingerprint density at radius 3 is 2.68 bits per heavy atom. The smallest absolute Gasteiger partial charge is 0.307 e. The number of aromatic nitrogens is 2. The third kappa shape index (κ3) is 4.03. The third-order valence-corrected chi connectivity index (χ3v) is 4.62. The van der Waals surface area contributed by atoms with Crippen LogP contribution in [-0.2, 0) is 4.79 Å². The predicted octanol–water partition coefficient (Wildman–Crippen LogP) is 3.51. The molecule has 1 aliphatic carbocycles. The molecule has 1 N–H and O–H groups in total. The molecule has 1 aliphatic rings. The van der Waals surface area contributed by atoms with Gasteiger partial charge in [-0.05, 0) is 31.2 Å². The maximum atomic E-state index is 15.3. The molecule has 0 amide bonds. The minimum absolute atomic E-state index is 0.0697. The van der Waals surface area contributed by atoms with E-state index in [1.807, 2.05) is 37.3 Å². The molecular formula is C20H19FN2O2. The molecule has 0 radical (unpaired) electrons. The summed E-state index contributed by atoms with van der Waals surface area (Å²) in [6, 6.07) is 9.25. The van der Waals surface area contributed by atoms with Crippen molar-refractivity contribution in [1.29, 1.82) is 0 Å². The zero-order valence-corrected chi connectivity index (χ0v) is 13.9. The first-order chi connectivity index (χ1) is 12.0. The van der Waals surface area contributed by atoms with Crippen molar-refractivity contribution < 1.29 is 14.3 Å². The quantitative estimate of drug-likeness (QED) is 0.851. The van der Waals surface area contributed by atoms with Gasteiger partial charge in [-0.15, -0.1) is 0 Å². The molecule has 0 saturated heterocycles. The number of hydrogen-bond acceptors (Lipinski definition) is 3. The highest BCUT2D eigenvalue weighted by Crippen LogP contribution is 2.44. The van der Waals surface area contributed by atoms with Crippen molar-refractivity contribution in [2.24, 2.45) is 5.92 Å². The molecule has 1 aromatic carbocycles. The zero-order chi connectivity index (χ0) is 17.9. The van der Waals surface area contributed by atoms with Gasteiger partial charge in [-0.1, -0.05) is 36.3 Å². The summed E-state index contributed by atoms with van der Waals surface area (Å²) >= 11 is 0. The number of benzene rings is 1. The summed E-state index contributed by atoms with van der Waals surface area (Å²) in [6.45, 7) is 1.82. The monoisotopic (exact) mass is 338 g/mol. The van der Waals surface area contributed by atoms with Crippen LogP contribution in [0.4, 0.5) is 4.39 Å². The highest BCUT2D eigenvalue weighted by Gasteiger charge is 2.43. The molecular weight excluding hydrogens is 319 g/mol. The molecule has 3 rings (SSSR count). The summed E-state index contributed by atoms with van der Waals surface area (Å²) in [5.74, 6) is 3.57. The number of hydrogen-bond donors (Lipinski definition) is 1. The molecule has 1 aromatic heterocycles. The first kappa shape index (κ1) is 17.1. The van der Waals surface area contributed by atoms with Crippen LogP contribution in [0.15, 0.2) is 42.7 Å². The standard InChI is InChI=1S/C20H19FN2O2/c1-14-12-23-16(13-22-14)7-9-20(21)10-8-17(19(24)25)18(11-20)15-5-3-2-4-6-15/h2-6,12-13,17-18H,8,10-11H2,1H3,(H,24,25)/t17-,18+,20?/m1/s1. The van der Waals surface area contributed by atoms with E-state index in [0.717, 1.165) is 11.3 Å². The van der Waals surface area contributed by atoms with Crippen LogP contribution in [0.1, 0.15) is 42.1 Å². The van der Waals surface area contributed by atoms with E-state index in [9.17, 15) is 9.90 Å². The Hall–Kier alpha value is -2.74. The van der Waals surface area contributed by atoms with Crippen LogP contribution < -0.4 is 0 Å². The van der Waals surface area contributed by atoms with E-state index in [4.69, 9.17) is 0 Å². The fourth-order valence-electron chi connectivity index (χ4n) is 3.27. The predicted molar refractivity (Wildman–Crippen MR) is 91.6 cm³/mol. The largest absolute Gasteiger partial charge is 0.481 e. The number of carbonyl (C=O) groups is 1. The number of alkyl halides is 1. The van der Waals surface area contributed by atoms with E-state index in [2.05, 4.69) is 21.8 Å². The van der Waals surface area contributed by atoms with Gasteiger partial charge in [0.15, 0.2) is 5.67 Å². The SMILES string of the molecule is Cc1cnc(C#CC2(F)CC[C@@H](C(=O)O)[C@H](c3ccccc3)C2)cn1. The fraction of sp³-hybridized carbons (Fsp3) is 0.350. The van der Waals surface area contributed by atoms with Crippen molar-refractivity contribution in [1.82, 2.24) is 9.97 Å². The van der Waals surface area contributed by atoms with Gasteiger partial charge < -0.3 is 5.11 Å². The van der Waals surface area contributed by atoms with Crippen molar-refractivity contribution >= 4 is 5.97 Å². The van der Waals surface area contributed by atoms with Crippen LogP contribution in [-0.4, -0.2) is 26.7 Å². The zero-order valence-electron chi connectivity index (χ0n) is 13.9. The van der Waals surface area contributed by atoms with Crippen LogP contribution in [0.25, 0.3) is 0 Å². The Labute approximate surface area is 146 Å². The average molecular weight is 338 g/mol. The lowest BCUT2D eigenvalue weighted by Gasteiger charge is -2.35. The maximum Gasteiger partial charge on any atom is 0.307 e. The first-order valence-corrected chi connectivity index (χ1v) is 8.25. The van der Waals surface area contributed by atoms with Gasteiger partial charge in [-0.3, -0.25) is 9.78 Å². The lowest BCUT2D eigenvalue weighted by atomic mass is 9.70. The highest BCUT2D eigenvalue weighted by atomic mass is 19.1. The molecule has 2 aromatic rings. The van der Waals surface area contributed by atoms with Crippen molar-refractivity contribution in [3.05, 3.63) is 59.7 Å². The Morgan fingerprint density at radius 2 is 2.04 bits per heavy atom. The molecule has 128 valence electrons. The third-order valence-electron chi connectivity index (χ3n) is 4.62. The molecule has 0 aliphatic heterocycles. The van der Waals surface area contributed by atoms with E-state index in [1.165, 1.54) is 6.20 Å². The van der Waals surface area contributed by atoms with Crippen molar-refractivity contribution in [2.75, 3.05) is 0 Å². The number of aryl methyl sites for hydroxylation is 1. The van der Waals surface area contributed by atoms with E-state index in [-0.39, 0.29) is 19.3 Å². The minimum atomic E-state index is -1.72. The van der Waals surface area contributed by atoms with E-state index < -0.39 is 23.5 Å². The summed E-state index contributed by atoms with van der Waals surface area (Å²) in [7, 11) is 0. The number of carboxylic acids is 1. The second-order valence-electron chi connectivity index (χ2n) is 6.46. The van der Waals surface area contributed by atoms with Gasteiger partial charge in [0.25, 0.3) is 0 Å². The lowest BCUT2D eigenvalue weighted by molar-refractivity contribution is -0.144. The fourth-order valence-corrected chi connectivity index (χ4v) is 3.27. The lowest BCUT2D eigenvalue weighted by Crippen LogP contribution is -2.37. The van der Waals surface area contributed by atoms with E-state index >= 15 is 4.39 Å². The Bertz CT molecular complexity index is 811. The number of rotatable bonds is 2. The summed E-state index contributed by atoms with van der Waals surface area (Å²) < 4.78 is 15.3. The second kappa shape index (κ2) is 7.02. The van der Waals surface area contributed by atoms with Crippen LogP contribution in [0.5, 0.6) is 0 Å². The summed E-state index contributed by atoms with van der Waals surface area (Å²) in [4.78, 5) is 19.8. The minimum Gasteiger partial charge on any atom is -0.481 e. The van der Waals surface area contributed by atoms with Crippen molar-refractivity contribution in [3.8, 4) is 11.8 Å². The summed E-state index contributed by atoms with van der Waals surface area (Å²) in [5, 5.41) is 9.50. The molecule has 25 heavy (non-hydrogen) atoms. The van der Waals surface area contributed by atoms with Crippen LogP contribution in [0.3, 0.4) is 0 Å². The van der Waals surface area contributed by atoms with E-state index in [0.29, 0.717) is 5.69 Å². The topological polar surface area (TPSA) is 63.1 Å². The van der Waals surface area contributed by atoms with Gasteiger partial charge in [-0.2, -0.15) is 0 Å². The molecule has 0 bridgehead atoms. The first-order valence-electron chi connectivity index (χ1n) is 8.25. The van der Waals surface area contributed by atoms with Gasteiger partial charge in [0, 0.05) is 18.5 Å². The van der Waals surface area contributed by atoms with Crippen molar-refractivity contribution in [3.63, 3.8) is 0 Å². The second-order valence-corrected chi connectivity index (χ2v) is 6.46. The van der Waals surface area contributed by atoms with Gasteiger partial charge in [0.05, 0.1) is 17.8 Å². The number of carboxylic acid groups (broad SMARTS) is 1. The van der Waals surface area contributed by atoms with E-state index in [1.54, 1.807) is 6.20 Å². The number of nitrogens with zero attached hydrogens (tertiary/aromatic N) is 2. The highest BCUT2D eigenvalue weighted by molar-refractivity contribution is 5.71. The molecule has 5 heteroatoms. The Kier molecular flexibility index (Phi) is 4.80. The summed E-state index contributed by atoms with van der Waals surface area (Å²) in [6.07, 6.45) is 3.55. The number of halogens is 1. The molecule has 0 spiro atoms. The summed E-state index contributed by atoms with van der Waals surface area (Å²) in [5.41, 5.74) is 0.304. The Morgan fingerprint density at radius 1 is 1.28 bits per heavy atom. The van der Waals surface area contributed by atoms with Crippen LogP contribution >= 0.6 is 0 Å². The average Bonchev–Trinajstić information content (AvgIpc) is 2.62. The van der Waals surface area contributed by atoms with Gasteiger partial charge in [0.1, 0.15) is 5.69 Å². The molecule has 1 unspecified atom stereocenters. The van der Waals surface area contributed by atoms with Gasteiger partial charge in [-0.25, -0.2) is 9.37 Å². The molecule has 3 atom stereocenters. The molecule has 4 nitrogen and oxygen atoms in total. The van der Waals surface area contributed by atoms with Crippen molar-refractivity contribution in [2.45, 2.75) is 37.8 Å². The maximum absolute atomic E-state index is 15.3. The normalized spacial score (nSPS) is 25.7. The van der Waals surface area contributed by atoms with Gasteiger partial charge in [0.2, 0.25) is 0 Å².